The molecule has 0 spiro atoms. The fourth-order valence-corrected chi connectivity index (χ4v) is 6.44. The standard InChI is InChI=1S/C35H54N4O7/c1-4-26(2)33(41)36-32(28-8-6-5-7-9-28)35(43)38-14-12-37(13-15-38)34(42)29-10-11-31-30(25-29)24-27(3)39(31)16-18-44-20-22-46-23-21-45-19-17-40/h10-11,24-26,28,32,40H,4-9,12-23H2,1-3H3,(H,36,41)/t26-,32+/m1/s1. The third-order valence-corrected chi connectivity index (χ3v) is 9.42. The Labute approximate surface area is 273 Å². The molecule has 11 nitrogen and oxygen atoms in total. The van der Waals surface area contributed by atoms with Crippen molar-refractivity contribution in [3.8, 4) is 0 Å². The first-order chi connectivity index (χ1) is 22.3. The third kappa shape index (κ3) is 9.76. The average molecular weight is 643 g/mol. The number of nitrogens with one attached hydrogen (secondary N) is 1. The van der Waals surface area contributed by atoms with Crippen LogP contribution in [0.5, 0.6) is 0 Å². The van der Waals surface area contributed by atoms with Gasteiger partial charge >= 0.3 is 0 Å². The minimum atomic E-state index is -0.486. The summed E-state index contributed by atoms with van der Waals surface area (Å²) in [6.07, 6.45) is 6.04. The number of fused-ring (bicyclic) bond motifs is 1. The first-order valence-corrected chi connectivity index (χ1v) is 17.2. The van der Waals surface area contributed by atoms with E-state index in [-0.39, 0.29) is 36.2 Å². The molecule has 4 rings (SSSR count). The molecular weight excluding hydrogens is 588 g/mol. The maximum absolute atomic E-state index is 13.7. The number of benzene rings is 1. The largest absolute Gasteiger partial charge is 0.394 e. The monoisotopic (exact) mass is 642 g/mol. The van der Waals surface area contributed by atoms with Crippen LogP contribution in [-0.4, -0.2) is 116 Å². The van der Waals surface area contributed by atoms with Gasteiger partial charge in [0.1, 0.15) is 6.04 Å². The highest BCUT2D eigenvalue weighted by molar-refractivity contribution is 5.98. The molecule has 46 heavy (non-hydrogen) atoms. The van der Waals surface area contributed by atoms with Crippen LogP contribution in [-0.2, 0) is 30.3 Å². The van der Waals surface area contributed by atoms with Gasteiger partial charge in [0.2, 0.25) is 11.8 Å². The van der Waals surface area contributed by atoms with E-state index in [1.165, 1.54) is 6.42 Å². The highest BCUT2D eigenvalue weighted by atomic mass is 16.5. The van der Waals surface area contributed by atoms with Crippen LogP contribution in [0.1, 0.15) is 68.4 Å². The van der Waals surface area contributed by atoms with Crippen molar-refractivity contribution in [2.24, 2.45) is 11.8 Å². The van der Waals surface area contributed by atoms with Gasteiger partial charge in [-0.2, -0.15) is 0 Å². The van der Waals surface area contributed by atoms with Crippen LogP contribution in [0.2, 0.25) is 0 Å². The summed E-state index contributed by atoms with van der Waals surface area (Å²) < 4.78 is 18.6. The first kappa shape index (κ1) is 35.9. The zero-order chi connectivity index (χ0) is 32.9. The Morgan fingerprint density at radius 2 is 1.52 bits per heavy atom. The van der Waals surface area contributed by atoms with Crippen LogP contribution in [0.4, 0.5) is 0 Å². The van der Waals surface area contributed by atoms with E-state index in [4.69, 9.17) is 19.3 Å². The van der Waals surface area contributed by atoms with Crippen molar-refractivity contribution < 1.29 is 33.7 Å². The lowest BCUT2D eigenvalue weighted by atomic mass is 9.83. The second-order valence-electron chi connectivity index (χ2n) is 12.6. The highest BCUT2D eigenvalue weighted by Gasteiger charge is 2.36. The molecule has 1 aromatic heterocycles. The van der Waals surface area contributed by atoms with Crippen LogP contribution < -0.4 is 5.32 Å². The molecule has 2 aliphatic rings. The Hall–Kier alpha value is -2.99. The Balaban J connectivity index is 1.28. The molecule has 2 aromatic rings. The molecule has 1 aliphatic carbocycles. The van der Waals surface area contributed by atoms with E-state index in [2.05, 4.69) is 22.9 Å². The van der Waals surface area contributed by atoms with Crippen molar-refractivity contribution >= 4 is 28.6 Å². The molecule has 0 radical (unpaired) electrons. The van der Waals surface area contributed by atoms with Gasteiger partial charge in [-0.25, -0.2) is 0 Å². The van der Waals surface area contributed by atoms with Crippen molar-refractivity contribution in [3.63, 3.8) is 0 Å². The minimum absolute atomic E-state index is 0.00534. The van der Waals surface area contributed by atoms with Crippen LogP contribution >= 0.6 is 0 Å². The Morgan fingerprint density at radius 3 is 2.17 bits per heavy atom. The van der Waals surface area contributed by atoms with E-state index < -0.39 is 6.04 Å². The second kappa shape index (κ2) is 18.4. The number of carbonyl (C=O) groups is 3. The van der Waals surface area contributed by atoms with E-state index >= 15 is 0 Å². The summed E-state index contributed by atoms with van der Waals surface area (Å²) in [6.45, 7) is 11.3. The van der Waals surface area contributed by atoms with Crippen molar-refractivity contribution in [1.82, 2.24) is 19.7 Å². The number of aryl methyl sites for hydroxylation is 1. The molecule has 0 bridgehead atoms. The Bertz CT molecular complexity index is 1270. The number of rotatable bonds is 17. The van der Waals surface area contributed by atoms with E-state index in [0.29, 0.717) is 77.9 Å². The van der Waals surface area contributed by atoms with Crippen molar-refractivity contribution in [1.29, 1.82) is 0 Å². The van der Waals surface area contributed by atoms with Gasteiger partial charge in [0.25, 0.3) is 5.91 Å². The van der Waals surface area contributed by atoms with Crippen molar-refractivity contribution in [2.45, 2.75) is 71.9 Å². The van der Waals surface area contributed by atoms with Gasteiger partial charge in [-0.3, -0.25) is 14.4 Å². The quantitative estimate of drug-likeness (QED) is 0.254. The van der Waals surface area contributed by atoms with Gasteiger partial charge in [0, 0.05) is 60.8 Å². The predicted molar refractivity (Wildman–Crippen MR) is 177 cm³/mol. The number of ether oxygens (including phenoxy) is 3. The van der Waals surface area contributed by atoms with Gasteiger partial charge in [-0.1, -0.05) is 33.1 Å². The smallest absolute Gasteiger partial charge is 0.253 e. The summed E-state index contributed by atoms with van der Waals surface area (Å²) in [5, 5.41) is 12.8. The van der Waals surface area contributed by atoms with Gasteiger partial charge in [-0.05, 0) is 56.4 Å². The summed E-state index contributed by atoms with van der Waals surface area (Å²) in [4.78, 5) is 43.7. The molecule has 1 saturated heterocycles. The lowest BCUT2D eigenvalue weighted by molar-refractivity contribution is -0.140. The highest BCUT2D eigenvalue weighted by Crippen LogP contribution is 2.28. The summed E-state index contributed by atoms with van der Waals surface area (Å²) in [6, 6.07) is 7.45. The van der Waals surface area contributed by atoms with E-state index in [9.17, 15) is 14.4 Å². The SMILES string of the molecule is CC[C@@H](C)C(=O)N[C@H](C(=O)N1CCN(C(=O)c2ccc3c(c2)cc(C)n3CCOCCOCCOCCO)CC1)C1CCCCC1. The van der Waals surface area contributed by atoms with Crippen LogP contribution in [0.15, 0.2) is 24.3 Å². The number of aliphatic hydroxyl groups excluding tert-OH is 1. The van der Waals surface area contributed by atoms with Gasteiger partial charge in [0.15, 0.2) is 0 Å². The van der Waals surface area contributed by atoms with Crippen LogP contribution in [0, 0.1) is 18.8 Å². The van der Waals surface area contributed by atoms with Gasteiger partial charge in [0.05, 0.1) is 46.2 Å². The number of amides is 3. The second-order valence-corrected chi connectivity index (χ2v) is 12.6. The first-order valence-electron chi connectivity index (χ1n) is 17.2. The molecule has 2 N–H and O–H groups in total. The number of aromatic nitrogens is 1. The fourth-order valence-electron chi connectivity index (χ4n) is 6.44. The third-order valence-electron chi connectivity index (χ3n) is 9.42. The molecule has 256 valence electrons. The topological polar surface area (TPSA) is 123 Å². The zero-order valence-electron chi connectivity index (χ0n) is 28.0. The van der Waals surface area contributed by atoms with Crippen LogP contribution in [0.25, 0.3) is 10.9 Å². The Kier molecular flexibility index (Phi) is 14.3. The number of nitrogens with zero attached hydrogens (tertiary/aromatic N) is 3. The maximum atomic E-state index is 13.7. The Morgan fingerprint density at radius 1 is 0.891 bits per heavy atom. The fraction of sp³-hybridized carbons (Fsp3) is 0.686. The molecule has 1 aliphatic heterocycles. The lowest BCUT2D eigenvalue weighted by Gasteiger charge is -2.39. The van der Waals surface area contributed by atoms with Gasteiger partial charge < -0.3 is 39.0 Å². The number of piperazine rings is 1. The summed E-state index contributed by atoms with van der Waals surface area (Å²) in [5.74, 6) is -0.0342. The average Bonchev–Trinajstić information content (AvgIpc) is 3.40. The van der Waals surface area contributed by atoms with E-state index in [1.807, 2.05) is 41.8 Å². The molecule has 1 saturated carbocycles. The summed E-state index contributed by atoms with van der Waals surface area (Å²) in [7, 11) is 0. The predicted octanol–water partition coefficient (Wildman–Crippen LogP) is 3.39. The molecule has 3 amide bonds. The normalized spacial score (nSPS) is 17.3. The number of carbonyl (C=O) groups excluding carboxylic acids is 3. The lowest BCUT2D eigenvalue weighted by Crippen LogP contribution is -2.58. The minimum Gasteiger partial charge on any atom is -0.394 e. The van der Waals surface area contributed by atoms with Gasteiger partial charge in [-0.15, -0.1) is 0 Å². The van der Waals surface area contributed by atoms with Crippen molar-refractivity contribution in [3.05, 3.63) is 35.5 Å². The number of aliphatic hydroxyl groups is 1. The zero-order valence-corrected chi connectivity index (χ0v) is 28.0. The maximum Gasteiger partial charge on any atom is 0.253 e. The number of hydrogen-bond donors (Lipinski definition) is 2. The molecular formula is C35H54N4O7. The molecule has 11 heteroatoms. The molecule has 2 heterocycles. The molecule has 2 fully saturated rings. The molecule has 1 aromatic carbocycles. The summed E-state index contributed by atoms with van der Waals surface area (Å²) >= 11 is 0. The molecule has 0 unspecified atom stereocenters. The number of hydrogen-bond acceptors (Lipinski definition) is 7. The molecule has 2 atom stereocenters. The summed E-state index contributed by atoms with van der Waals surface area (Å²) in [5.41, 5.74) is 2.79. The van der Waals surface area contributed by atoms with E-state index in [0.717, 1.165) is 48.7 Å². The van der Waals surface area contributed by atoms with Crippen molar-refractivity contribution in [2.75, 3.05) is 72.4 Å². The van der Waals surface area contributed by atoms with Crippen LogP contribution in [0.3, 0.4) is 0 Å². The van der Waals surface area contributed by atoms with E-state index in [1.54, 1.807) is 0 Å².